The van der Waals surface area contributed by atoms with Crippen LogP contribution in [-0.2, 0) is 13.0 Å². The molecular formula is C22H28IN7O. The molecule has 3 heterocycles. The lowest BCUT2D eigenvalue weighted by Crippen LogP contribution is -2.38. The van der Waals surface area contributed by atoms with Crippen LogP contribution in [0, 0.1) is 0 Å². The van der Waals surface area contributed by atoms with Crippen LogP contribution in [-0.4, -0.2) is 45.3 Å². The maximum Gasteiger partial charge on any atom is 0.216 e. The minimum Gasteiger partial charge on any atom is -0.461 e. The predicted molar refractivity (Wildman–Crippen MR) is 134 cm³/mol. The molecule has 0 aliphatic heterocycles. The first kappa shape index (κ1) is 22.9. The van der Waals surface area contributed by atoms with Gasteiger partial charge in [0.2, 0.25) is 5.82 Å². The summed E-state index contributed by atoms with van der Waals surface area (Å²) in [4.78, 5) is 9.15. The van der Waals surface area contributed by atoms with Crippen LogP contribution in [0.5, 0.6) is 0 Å². The van der Waals surface area contributed by atoms with Crippen LogP contribution in [0.25, 0.3) is 22.5 Å². The van der Waals surface area contributed by atoms with E-state index < -0.39 is 0 Å². The van der Waals surface area contributed by atoms with Crippen molar-refractivity contribution in [3.8, 4) is 11.6 Å². The van der Waals surface area contributed by atoms with Crippen molar-refractivity contribution in [1.82, 2.24) is 30.4 Å². The van der Waals surface area contributed by atoms with E-state index in [9.17, 15) is 0 Å². The van der Waals surface area contributed by atoms with E-state index >= 15 is 0 Å². The number of hydrogen-bond donors (Lipinski definition) is 3. The number of H-pyrrole nitrogens is 1. The Morgan fingerprint density at radius 2 is 2.06 bits per heavy atom. The van der Waals surface area contributed by atoms with Crippen LogP contribution in [0.3, 0.4) is 0 Å². The van der Waals surface area contributed by atoms with E-state index in [0.717, 1.165) is 37.8 Å². The highest BCUT2D eigenvalue weighted by molar-refractivity contribution is 14.0. The van der Waals surface area contributed by atoms with E-state index in [0.29, 0.717) is 24.6 Å². The average Bonchev–Trinajstić information content (AvgIpc) is 3.52. The molecule has 1 aromatic carbocycles. The number of furan rings is 1. The third kappa shape index (κ3) is 6.09. The Hall–Kier alpha value is -2.82. The first-order valence-electron chi connectivity index (χ1n) is 10.3. The Bertz CT molecular complexity index is 1080. The van der Waals surface area contributed by atoms with Gasteiger partial charge in [-0.2, -0.15) is 5.10 Å². The minimum absolute atomic E-state index is 0. The summed E-state index contributed by atoms with van der Waals surface area (Å²) in [6.45, 7) is 5.30. The van der Waals surface area contributed by atoms with Crippen molar-refractivity contribution in [3.05, 3.63) is 60.7 Å². The molecule has 0 aliphatic rings. The number of aryl methyl sites for hydroxylation is 1. The van der Waals surface area contributed by atoms with Crippen molar-refractivity contribution < 1.29 is 4.42 Å². The second kappa shape index (κ2) is 11.5. The van der Waals surface area contributed by atoms with Gasteiger partial charge in [0.05, 0.1) is 6.26 Å². The number of hydrogen-bond acceptors (Lipinski definition) is 4. The average molecular weight is 533 g/mol. The van der Waals surface area contributed by atoms with Gasteiger partial charge in [-0.05, 0) is 43.0 Å². The van der Waals surface area contributed by atoms with E-state index in [-0.39, 0.29) is 24.0 Å². The van der Waals surface area contributed by atoms with Crippen LogP contribution >= 0.6 is 24.0 Å². The van der Waals surface area contributed by atoms with Crippen LogP contribution in [0.4, 0.5) is 0 Å². The quantitative estimate of drug-likeness (QED) is 0.132. The fourth-order valence-electron chi connectivity index (χ4n) is 3.33. The normalized spacial score (nSPS) is 11.5. The van der Waals surface area contributed by atoms with Gasteiger partial charge in [-0.3, -0.25) is 10.1 Å². The first-order chi connectivity index (χ1) is 14.8. The highest BCUT2D eigenvalue weighted by Gasteiger charge is 2.08. The zero-order valence-corrected chi connectivity index (χ0v) is 19.9. The summed E-state index contributed by atoms with van der Waals surface area (Å²) in [5.74, 6) is 2.87. The number of guanidine groups is 1. The number of nitrogens with one attached hydrogen (secondary N) is 3. The number of nitrogens with zero attached hydrogens (tertiary/aromatic N) is 4. The number of para-hydroxylation sites is 1. The van der Waals surface area contributed by atoms with Gasteiger partial charge in [0.15, 0.2) is 11.7 Å². The van der Waals surface area contributed by atoms with Gasteiger partial charge < -0.3 is 19.6 Å². The molecule has 31 heavy (non-hydrogen) atoms. The SMILES string of the molecule is CCNC(=NCCCn1ccc2ccccc21)NCCc1nc(-c2ccco2)n[nH]1.I. The Labute approximate surface area is 198 Å². The zero-order chi connectivity index (χ0) is 20.6. The van der Waals surface area contributed by atoms with Crippen molar-refractivity contribution in [3.63, 3.8) is 0 Å². The second-order valence-corrected chi connectivity index (χ2v) is 6.94. The van der Waals surface area contributed by atoms with Gasteiger partial charge in [0.1, 0.15) is 5.82 Å². The Morgan fingerprint density at radius 1 is 1.16 bits per heavy atom. The van der Waals surface area contributed by atoms with E-state index in [2.05, 4.69) is 78.8 Å². The Kier molecular flexibility index (Phi) is 8.51. The van der Waals surface area contributed by atoms with Gasteiger partial charge in [-0.15, -0.1) is 24.0 Å². The molecule has 9 heteroatoms. The zero-order valence-electron chi connectivity index (χ0n) is 17.5. The molecule has 0 atom stereocenters. The van der Waals surface area contributed by atoms with E-state index in [4.69, 9.17) is 4.42 Å². The second-order valence-electron chi connectivity index (χ2n) is 6.94. The molecular weight excluding hydrogens is 505 g/mol. The molecule has 0 radical (unpaired) electrons. The molecule has 0 spiro atoms. The highest BCUT2D eigenvalue weighted by atomic mass is 127. The number of rotatable bonds is 9. The molecule has 0 bridgehead atoms. The van der Waals surface area contributed by atoms with Crippen molar-refractivity contribution in [1.29, 1.82) is 0 Å². The van der Waals surface area contributed by atoms with Crippen LogP contribution in [0.1, 0.15) is 19.2 Å². The predicted octanol–water partition coefficient (Wildman–Crippen LogP) is 3.83. The van der Waals surface area contributed by atoms with Crippen molar-refractivity contribution >= 4 is 40.8 Å². The minimum atomic E-state index is 0. The van der Waals surface area contributed by atoms with E-state index in [1.165, 1.54) is 10.9 Å². The van der Waals surface area contributed by atoms with Crippen molar-refractivity contribution in [2.45, 2.75) is 26.3 Å². The fraction of sp³-hybridized carbons (Fsp3) is 0.318. The van der Waals surface area contributed by atoms with Crippen LogP contribution in [0.15, 0.2) is 64.3 Å². The van der Waals surface area contributed by atoms with Gasteiger partial charge in [-0.25, -0.2) is 4.98 Å². The van der Waals surface area contributed by atoms with E-state index in [1.807, 2.05) is 12.1 Å². The summed E-state index contributed by atoms with van der Waals surface area (Å²) in [5, 5.41) is 15.1. The Morgan fingerprint density at radius 3 is 2.90 bits per heavy atom. The topological polar surface area (TPSA) is 96.1 Å². The molecule has 0 aliphatic carbocycles. The number of aromatic nitrogens is 4. The molecule has 164 valence electrons. The molecule has 0 saturated carbocycles. The summed E-state index contributed by atoms with van der Waals surface area (Å²) in [7, 11) is 0. The maximum absolute atomic E-state index is 5.32. The molecule has 8 nitrogen and oxygen atoms in total. The number of halogens is 1. The lowest BCUT2D eigenvalue weighted by molar-refractivity contribution is 0.577. The molecule has 4 rings (SSSR count). The standard InChI is InChI=1S/C22H27N7O.HI/c1-2-23-22(24-12-6-14-29-15-11-17-7-3-4-8-18(17)29)25-13-10-20-26-21(28-27-20)19-9-5-16-30-19;/h3-5,7-9,11,15-16H,2,6,10,12-14H2,1H3,(H2,23,24,25)(H,26,27,28);1H. The summed E-state index contributed by atoms with van der Waals surface area (Å²) in [6, 6.07) is 14.3. The van der Waals surface area contributed by atoms with Crippen LogP contribution in [0.2, 0.25) is 0 Å². The molecule has 0 saturated heterocycles. The fourth-order valence-corrected chi connectivity index (χ4v) is 3.33. The number of fused-ring (bicyclic) bond motifs is 1. The maximum atomic E-state index is 5.32. The smallest absolute Gasteiger partial charge is 0.216 e. The van der Waals surface area contributed by atoms with Gasteiger partial charge in [-0.1, -0.05) is 18.2 Å². The molecule has 4 aromatic rings. The summed E-state index contributed by atoms with van der Waals surface area (Å²) >= 11 is 0. The van der Waals surface area contributed by atoms with Gasteiger partial charge in [0.25, 0.3) is 0 Å². The monoisotopic (exact) mass is 533 g/mol. The summed E-state index contributed by atoms with van der Waals surface area (Å²) in [5.41, 5.74) is 1.27. The molecule has 0 amide bonds. The molecule has 0 unspecified atom stereocenters. The molecule has 3 N–H and O–H groups in total. The first-order valence-corrected chi connectivity index (χ1v) is 10.3. The number of aromatic amines is 1. The third-order valence-electron chi connectivity index (χ3n) is 4.78. The van der Waals surface area contributed by atoms with Crippen molar-refractivity contribution in [2.75, 3.05) is 19.6 Å². The number of aliphatic imine (C=N–C) groups is 1. The largest absolute Gasteiger partial charge is 0.461 e. The lowest BCUT2D eigenvalue weighted by Gasteiger charge is -2.11. The van der Waals surface area contributed by atoms with Crippen LogP contribution < -0.4 is 10.6 Å². The lowest BCUT2D eigenvalue weighted by atomic mass is 10.2. The van der Waals surface area contributed by atoms with Crippen molar-refractivity contribution in [2.24, 2.45) is 4.99 Å². The molecule has 3 aromatic heterocycles. The summed E-state index contributed by atoms with van der Waals surface area (Å²) in [6.07, 6.45) is 5.45. The molecule has 0 fully saturated rings. The highest BCUT2D eigenvalue weighted by Crippen LogP contribution is 2.15. The van der Waals surface area contributed by atoms with E-state index in [1.54, 1.807) is 6.26 Å². The van der Waals surface area contributed by atoms with Gasteiger partial charge >= 0.3 is 0 Å². The Balaban J connectivity index is 0.00000272. The number of benzene rings is 1. The summed E-state index contributed by atoms with van der Waals surface area (Å²) < 4.78 is 7.60. The third-order valence-corrected chi connectivity index (χ3v) is 4.78. The van der Waals surface area contributed by atoms with Gasteiger partial charge in [0, 0.05) is 44.3 Å².